The Morgan fingerprint density at radius 3 is 3.00 bits per heavy atom. The standard InChI is InChI=1S/C19H19F2N3/c20-16-7-1-4-15(18(16)21)12-24-9-3-6-14(11-24)17-10-13-5-2-8-22-19(13)23-17/h1-2,4-5,7-8,10,14H,3,6,9,11-12H2,(H,22,23)/t14-/m1/s1. The maximum atomic E-state index is 13.9. The number of likely N-dealkylation sites (tertiary alicyclic amines) is 1. The summed E-state index contributed by atoms with van der Waals surface area (Å²) in [5.74, 6) is -1.14. The van der Waals surface area contributed by atoms with Crippen molar-refractivity contribution < 1.29 is 8.78 Å². The SMILES string of the molecule is Fc1cccc(CN2CCC[C@@H](c3cc4cccnc4[nH]3)C2)c1F. The Bertz CT molecular complexity index is 826. The molecule has 1 saturated heterocycles. The van der Waals surface area contributed by atoms with Gasteiger partial charge in [-0.05, 0) is 43.7 Å². The van der Waals surface area contributed by atoms with Gasteiger partial charge in [-0.1, -0.05) is 12.1 Å². The van der Waals surface area contributed by atoms with Gasteiger partial charge in [-0.2, -0.15) is 0 Å². The van der Waals surface area contributed by atoms with Gasteiger partial charge in [-0.25, -0.2) is 13.8 Å². The van der Waals surface area contributed by atoms with Crippen LogP contribution in [-0.2, 0) is 6.54 Å². The predicted octanol–water partition coefficient (Wildman–Crippen LogP) is 4.22. The van der Waals surface area contributed by atoms with Crippen LogP contribution >= 0.6 is 0 Å². The lowest BCUT2D eigenvalue weighted by Gasteiger charge is -2.32. The fourth-order valence-corrected chi connectivity index (χ4v) is 3.56. The first-order chi connectivity index (χ1) is 11.7. The number of halogens is 2. The van der Waals surface area contributed by atoms with Gasteiger partial charge in [0.2, 0.25) is 0 Å². The number of aromatic nitrogens is 2. The minimum Gasteiger partial charge on any atom is -0.343 e. The molecule has 0 spiro atoms. The highest BCUT2D eigenvalue weighted by Crippen LogP contribution is 2.29. The van der Waals surface area contributed by atoms with Gasteiger partial charge in [0.1, 0.15) is 5.65 Å². The molecule has 1 aliphatic rings. The van der Waals surface area contributed by atoms with E-state index in [1.54, 1.807) is 18.3 Å². The number of piperidine rings is 1. The first kappa shape index (κ1) is 15.3. The van der Waals surface area contributed by atoms with E-state index in [0.29, 0.717) is 18.0 Å². The highest BCUT2D eigenvalue weighted by Gasteiger charge is 2.24. The Labute approximate surface area is 139 Å². The van der Waals surface area contributed by atoms with Crippen molar-refractivity contribution in [3.8, 4) is 0 Å². The van der Waals surface area contributed by atoms with Crippen LogP contribution in [0.3, 0.4) is 0 Å². The summed E-state index contributed by atoms with van der Waals surface area (Å²) in [5, 5.41) is 1.11. The van der Waals surface area contributed by atoms with Gasteiger partial charge in [-0.3, -0.25) is 4.90 Å². The molecule has 4 rings (SSSR count). The quantitative estimate of drug-likeness (QED) is 0.781. The number of rotatable bonds is 3. The molecule has 0 amide bonds. The smallest absolute Gasteiger partial charge is 0.163 e. The molecule has 3 heterocycles. The van der Waals surface area contributed by atoms with E-state index in [1.807, 2.05) is 12.1 Å². The van der Waals surface area contributed by atoms with Crippen LogP contribution < -0.4 is 0 Å². The van der Waals surface area contributed by atoms with Gasteiger partial charge >= 0.3 is 0 Å². The van der Waals surface area contributed by atoms with Crippen molar-refractivity contribution in [2.24, 2.45) is 0 Å². The largest absolute Gasteiger partial charge is 0.343 e. The molecule has 1 aromatic carbocycles. The Morgan fingerprint density at radius 2 is 2.12 bits per heavy atom. The number of hydrogen-bond acceptors (Lipinski definition) is 2. The number of H-pyrrole nitrogens is 1. The average Bonchev–Trinajstić information content (AvgIpc) is 3.03. The normalized spacial score (nSPS) is 19.0. The summed E-state index contributed by atoms with van der Waals surface area (Å²) in [7, 11) is 0. The number of nitrogens with one attached hydrogen (secondary N) is 1. The van der Waals surface area contributed by atoms with Crippen LogP contribution in [0.2, 0.25) is 0 Å². The van der Waals surface area contributed by atoms with Gasteiger partial charge in [-0.15, -0.1) is 0 Å². The summed E-state index contributed by atoms with van der Waals surface area (Å²) in [6, 6.07) is 10.5. The van der Waals surface area contributed by atoms with Crippen LogP contribution in [0, 0.1) is 11.6 Å². The molecule has 5 heteroatoms. The third kappa shape index (κ3) is 2.91. The maximum Gasteiger partial charge on any atom is 0.163 e. The van der Waals surface area contributed by atoms with Crippen molar-refractivity contribution >= 4 is 11.0 Å². The van der Waals surface area contributed by atoms with Crippen LogP contribution in [-0.4, -0.2) is 28.0 Å². The number of benzene rings is 1. The van der Waals surface area contributed by atoms with Crippen molar-refractivity contribution in [3.05, 3.63) is 65.5 Å². The zero-order chi connectivity index (χ0) is 16.5. The van der Waals surface area contributed by atoms with Crippen molar-refractivity contribution in [2.75, 3.05) is 13.1 Å². The second-order valence-electron chi connectivity index (χ2n) is 6.45. The number of aromatic amines is 1. The Kier molecular flexibility index (Phi) is 4.02. The Morgan fingerprint density at radius 1 is 1.21 bits per heavy atom. The van der Waals surface area contributed by atoms with Crippen LogP contribution in [0.15, 0.2) is 42.6 Å². The lowest BCUT2D eigenvalue weighted by atomic mass is 9.94. The molecule has 1 aliphatic heterocycles. The van der Waals surface area contributed by atoms with Crippen LogP contribution in [0.4, 0.5) is 8.78 Å². The van der Waals surface area contributed by atoms with E-state index in [9.17, 15) is 8.78 Å². The fraction of sp³-hybridized carbons (Fsp3) is 0.316. The summed E-state index contributed by atoms with van der Waals surface area (Å²) in [5.41, 5.74) is 2.50. The lowest BCUT2D eigenvalue weighted by Crippen LogP contribution is -2.34. The molecule has 1 N–H and O–H groups in total. The van der Waals surface area contributed by atoms with E-state index in [4.69, 9.17) is 0 Å². The summed E-state index contributed by atoms with van der Waals surface area (Å²) < 4.78 is 27.3. The van der Waals surface area contributed by atoms with Gasteiger partial charge in [0, 0.05) is 41.8 Å². The van der Waals surface area contributed by atoms with E-state index in [2.05, 4.69) is 20.9 Å². The summed E-state index contributed by atoms with van der Waals surface area (Å²) in [6.07, 6.45) is 3.92. The van der Waals surface area contributed by atoms with Crippen molar-refractivity contribution in [3.63, 3.8) is 0 Å². The highest BCUT2D eigenvalue weighted by molar-refractivity contribution is 5.76. The van der Waals surface area contributed by atoms with Gasteiger partial charge in [0.15, 0.2) is 11.6 Å². The number of fused-ring (bicyclic) bond motifs is 1. The third-order valence-corrected chi connectivity index (χ3v) is 4.78. The van der Waals surface area contributed by atoms with Crippen molar-refractivity contribution in [2.45, 2.75) is 25.3 Å². The number of hydrogen-bond donors (Lipinski definition) is 1. The van der Waals surface area contributed by atoms with Crippen LogP contribution in [0.1, 0.15) is 30.0 Å². The van der Waals surface area contributed by atoms with E-state index in [1.165, 1.54) is 5.69 Å². The van der Waals surface area contributed by atoms with Gasteiger partial charge in [0.05, 0.1) is 0 Å². The molecule has 2 aromatic heterocycles. The molecule has 0 bridgehead atoms. The molecule has 3 nitrogen and oxygen atoms in total. The number of pyridine rings is 1. The first-order valence-corrected chi connectivity index (χ1v) is 8.29. The summed E-state index contributed by atoms with van der Waals surface area (Å²) in [6.45, 7) is 2.19. The highest BCUT2D eigenvalue weighted by atomic mass is 19.2. The molecule has 0 radical (unpaired) electrons. The second-order valence-corrected chi connectivity index (χ2v) is 6.45. The van der Waals surface area contributed by atoms with Crippen molar-refractivity contribution in [1.29, 1.82) is 0 Å². The van der Waals surface area contributed by atoms with Gasteiger partial charge < -0.3 is 4.98 Å². The molecule has 1 atom stereocenters. The molecule has 0 aliphatic carbocycles. The Balaban J connectivity index is 1.52. The molecule has 24 heavy (non-hydrogen) atoms. The minimum absolute atomic E-state index is 0.365. The zero-order valence-corrected chi connectivity index (χ0v) is 13.3. The maximum absolute atomic E-state index is 13.9. The molecular weight excluding hydrogens is 308 g/mol. The van der Waals surface area contributed by atoms with E-state index >= 15 is 0 Å². The molecule has 0 unspecified atom stereocenters. The van der Waals surface area contributed by atoms with E-state index in [-0.39, 0.29) is 0 Å². The summed E-state index contributed by atoms with van der Waals surface area (Å²) in [4.78, 5) is 9.94. The predicted molar refractivity (Wildman–Crippen MR) is 89.7 cm³/mol. The monoisotopic (exact) mass is 327 g/mol. The topological polar surface area (TPSA) is 31.9 Å². The second kappa shape index (κ2) is 6.32. The minimum atomic E-state index is -0.775. The molecular formula is C19H19F2N3. The first-order valence-electron chi connectivity index (χ1n) is 8.29. The zero-order valence-electron chi connectivity index (χ0n) is 13.3. The third-order valence-electron chi connectivity index (χ3n) is 4.78. The Hall–Kier alpha value is -2.27. The van der Waals surface area contributed by atoms with Crippen LogP contribution in [0.25, 0.3) is 11.0 Å². The summed E-state index contributed by atoms with van der Waals surface area (Å²) >= 11 is 0. The molecule has 0 saturated carbocycles. The van der Waals surface area contributed by atoms with E-state index < -0.39 is 11.6 Å². The average molecular weight is 327 g/mol. The van der Waals surface area contributed by atoms with E-state index in [0.717, 1.165) is 43.0 Å². The fourth-order valence-electron chi connectivity index (χ4n) is 3.56. The molecule has 3 aromatic rings. The van der Waals surface area contributed by atoms with Gasteiger partial charge in [0.25, 0.3) is 0 Å². The molecule has 124 valence electrons. The molecule has 1 fully saturated rings. The van der Waals surface area contributed by atoms with Crippen molar-refractivity contribution in [1.82, 2.24) is 14.9 Å². The van der Waals surface area contributed by atoms with Crippen LogP contribution in [0.5, 0.6) is 0 Å². The lowest BCUT2D eigenvalue weighted by molar-refractivity contribution is 0.196. The number of nitrogens with zero attached hydrogens (tertiary/aromatic N) is 2.